The van der Waals surface area contributed by atoms with Gasteiger partial charge in [-0.3, -0.25) is 4.79 Å². The highest BCUT2D eigenvalue weighted by Crippen LogP contribution is 2.24. The van der Waals surface area contributed by atoms with Gasteiger partial charge in [-0.25, -0.2) is 4.98 Å². The van der Waals surface area contributed by atoms with E-state index in [1.165, 1.54) is 17.8 Å². The summed E-state index contributed by atoms with van der Waals surface area (Å²) in [5.41, 5.74) is 2.13. The molecule has 1 heterocycles. The van der Waals surface area contributed by atoms with E-state index < -0.39 is 0 Å². The lowest BCUT2D eigenvalue weighted by Gasteiger charge is -1.95. The molecule has 0 unspecified atom stereocenters. The van der Waals surface area contributed by atoms with Crippen molar-refractivity contribution in [2.45, 2.75) is 5.22 Å². The Balaban J connectivity index is 1.68. The van der Waals surface area contributed by atoms with Crippen molar-refractivity contribution in [1.29, 1.82) is 0 Å². The Labute approximate surface area is 130 Å². The van der Waals surface area contributed by atoms with Crippen LogP contribution in [-0.2, 0) is 0 Å². The quantitative estimate of drug-likeness (QED) is 0.387. The highest BCUT2D eigenvalue weighted by atomic mass is 35.5. The molecule has 0 aliphatic carbocycles. The molecule has 0 aliphatic rings. The van der Waals surface area contributed by atoms with E-state index in [1.807, 2.05) is 24.3 Å². The van der Waals surface area contributed by atoms with Crippen LogP contribution in [-0.4, -0.2) is 10.8 Å². The third-order valence-corrected chi connectivity index (χ3v) is 3.69. The summed E-state index contributed by atoms with van der Waals surface area (Å²) in [6.45, 7) is 0. The van der Waals surface area contributed by atoms with Gasteiger partial charge in [0, 0.05) is 10.6 Å². The minimum Gasteiger partial charge on any atom is -0.431 e. The second-order valence-electron chi connectivity index (χ2n) is 4.24. The maximum Gasteiger partial charge on any atom is 0.261 e. The summed E-state index contributed by atoms with van der Waals surface area (Å²) in [5, 5.41) is 2.79. The SMILES string of the molecule is O=C(/C=C/Sc1nc2ccccc2o1)c1ccc(Cl)cc1. The fourth-order valence-electron chi connectivity index (χ4n) is 1.77. The zero-order chi connectivity index (χ0) is 14.7. The zero-order valence-electron chi connectivity index (χ0n) is 10.8. The van der Waals surface area contributed by atoms with E-state index in [0.717, 1.165) is 11.1 Å². The summed E-state index contributed by atoms with van der Waals surface area (Å²) >= 11 is 7.05. The van der Waals surface area contributed by atoms with E-state index in [0.29, 0.717) is 15.8 Å². The van der Waals surface area contributed by atoms with Crippen LogP contribution in [0.2, 0.25) is 5.02 Å². The van der Waals surface area contributed by atoms with Crippen LogP contribution in [0.5, 0.6) is 0 Å². The lowest BCUT2D eigenvalue weighted by Crippen LogP contribution is -1.92. The van der Waals surface area contributed by atoms with Gasteiger partial charge < -0.3 is 4.42 Å². The topological polar surface area (TPSA) is 43.1 Å². The number of benzene rings is 2. The Morgan fingerprint density at radius 2 is 1.90 bits per heavy atom. The summed E-state index contributed by atoms with van der Waals surface area (Å²) in [5.74, 6) is -0.0877. The number of carbonyl (C=O) groups excluding carboxylic acids is 1. The number of hydrogen-bond acceptors (Lipinski definition) is 4. The Hall–Kier alpha value is -2.04. The normalized spacial score (nSPS) is 11.3. The van der Waals surface area contributed by atoms with Crippen LogP contribution in [0, 0.1) is 0 Å². The number of thioether (sulfide) groups is 1. The first-order valence-electron chi connectivity index (χ1n) is 6.21. The summed E-state index contributed by atoms with van der Waals surface area (Å²) in [6, 6.07) is 14.3. The van der Waals surface area contributed by atoms with Gasteiger partial charge in [-0.05, 0) is 59.6 Å². The number of fused-ring (bicyclic) bond motifs is 1. The van der Waals surface area contributed by atoms with Crippen molar-refractivity contribution in [3.63, 3.8) is 0 Å². The van der Waals surface area contributed by atoms with Crippen molar-refractivity contribution in [3.05, 3.63) is 70.6 Å². The van der Waals surface area contributed by atoms with E-state index in [-0.39, 0.29) is 5.78 Å². The number of halogens is 1. The predicted octanol–water partition coefficient (Wildman–Crippen LogP) is 4.97. The molecule has 1 aromatic heterocycles. The summed E-state index contributed by atoms with van der Waals surface area (Å²) in [7, 11) is 0. The van der Waals surface area contributed by atoms with Gasteiger partial charge in [0.25, 0.3) is 5.22 Å². The summed E-state index contributed by atoms with van der Waals surface area (Å²) in [4.78, 5) is 16.2. The van der Waals surface area contributed by atoms with Gasteiger partial charge in [0.2, 0.25) is 0 Å². The average Bonchev–Trinajstić information content (AvgIpc) is 2.90. The molecular weight excluding hydrogens is 306 g/mol. The Morgan fingerprint density at radius 1 is 1.14 bits per heavy atom. The fraction of sp³-hybridized carbons (Fsp3) is 0. The molecule has 0 aliphatic heterocycles. The monoisotopic (exact) mass is 315 g/mol. The van der Waals surface area contributed by atoms with Gasteiger partial charge in [0.05, 0.1) is 0 Å². The molecule has 0 saturated carbocycles. The molecule has 0 fully saturated rings. The van der Waals surface area contributed by atoms with E-state index in [4.69, 9.17) is 16.0 Å². The second kappa shape index (κ2) is 6.16. The second-order valence-corrected chi connectivity index (χ2v) is 5.53. The van der Waals surface area contributed by atoms with Crippen molar-refractivity contribution >= 4 is 40.2 Å². The number of para-hydroxylation sites is 2. The van der Waals surface area contributed by atoms with Crippen LogP contribution in [0.1, 0.15) is 10.4 Å². The molecule has 0 bridgehead atoms. The minimum atomic E-state index is -0.0877. The molecule has 2 aromatic carbocycles. The van der Waals surface area contributed by atoms with E-state index in [9.17, 15) is 4.79 Å². The maximum absolute atomic E-state index is 11.9. The molecule has 3 rings (SSSR count). The first kappa shape index (κ1) is 13.9. The maximum atomic E-state index is 11.9. The van der Waals surface area contributed by atoms with Gasteiger partial charge in [0.1, 0.15) is 5.52 Å². The summed E-state index contributed by atoms with van der Waals surface area (Å²) < 4.78 is 5.54. The smallest absolute Gasteiger partial charge is 0.261 e. The standard InChI is InChI=1S/C16H10ClNO2S/c17-12-7-5-11(6-8-12)14(19)9-10-21-16-18-13-3-1-2-4-15(13)20-16/h1-10H/b10-9+. The summed E-state index contributed by atoms with van der Waals surface area (Å²) in [6.07, 6.45) is 1.49. The van der Waals surface area contributed by atoms with E-state index >= 15 is 0 Å². The number of ketones is 1. The van der Waals surface area contributed by atoms with Crippen LogP contribution in [0.25, 0.3) is 11.1 Å². The average molecular weight is 316 g/mol. The van der Waals surface area contributed by atoms with Crippen LogP contribution >= 0.6 is 23.4 Å². The molecule has 21 heavy (non-hydrogen) atoms. The molecular formula is C16H10ClNO2S. The molecule has 104 valence electrons. The van der Waals surface area contributed by atoms with Gasteiger partial charge in [0.15, 0.2) is 11.4 Å². The van der Waals surface area contributed by atoms with Gasteiger partial charge in [-0.15, -0.1) is 0 Å². The molecule has 0 spiro atoms. The minimum absolute atomic E-state index is 0.0877. The first-order valence-corrected chi connectivity index (χ1v) is 7.47. The number of oxazole rings is 1. The molecule has 5 heteroatoms. The third-order valence-electron chi connectivity index (χ3n) is 2.79. The van der Waals surface area contributed by atoms with Crippen LogP contribution in [0.4, 0.5) is 0 Å². The highest BCUT2D eigenvalue weighted by molar-refractivity contribution is 8.01. The van der Waals surface area contributed by atoms with Crippen LogP contribution in [0.3, 0.4) is 0 Å². The highest BCUT2D eigenvalue weighted by Gasteiger charge is 2.05. The van der Waals surface area contributed by atoms with Gasteiger partial charge in [-0.2, -0.15) is 0 Å². The molecule has 0 N–H and O–H groups in total. The Bertz CT molecular complexity index is 776. The van der Waals surface area contributed by atoms with Crippen molar-refractivity contribution in [2.24, 2.45) is 0 Å². The molecule has 3 aromatic rings. The van der Waals surface area contributed by atoms with E-state index in [1.54, 1.807) is 29.7 Å². The van der Waals surface area contributed by atoms with Gasteiger partial charge >= 0.3 is 0 Å². The van der Waals surface area contributed by atoms with Crippen molar-refractivity contribution in [1.82, 2.24) is 4.98 Å². The number of nitrogens with zero attached hydrogens (tertiary/aromatic N) is 1. The zero-order valence-corrected chi connectivity index (χ0v) is 12.4. The number of rotatable bonds is 4. The Morgan fingerprint density at radius 3 is 2.67 bits per heavy atom. The van der Waals surface area contributed by atoms with Crippen molar-refractivity contribution < 1.29 is 9.21 Å². The van der Waals surface area contributed by atoms with Gasteiger partial charge in [-0.1, -0.05) is 23.7 Å². The lowest BCUT2D eigenvalue weighted by atomic mass is 10.1. The largest absolute Gasteiger partial charge is 0.431 e. The molecule has 0 atom stereocenters. The third kappa shape index (κ3) is 3.35. The number of hydrogen-bond donors (Lipinski definition) is 0. The fourth-order valence-corrected chi connectivity index (χ4v) is 2.49. The molecule has 3 nitrogen and oxygen atoms in total. The van der Waals surface area contributed by atoms with E-state index in [2.05, 4.69) is 4.98 Å². The number of allylic oxidation sites excluding steroid dienone is 1. The molecule has 0 amide bonds. The lowest BCUT2D eigenvalue weighted by molar-refractivity contribution is 0.104. The molecule has 0 radical (unpaired) electrons. The predicted molar refractivity (Wildman–Crippen MR) is 84.8 cm³/mol. The number of carbonyl (C=O) groups is 1. The van der Waals surface area contributed by atoms with Crippen molar-refractivity contribution in [2.75, 3.05) is 0 Å². The Kier molecular flexibility index (Phi) is 4.08. The van der Waals surface area contributed by atoms with Crippen molar-refractivity contribution in [3.8, 4) is 0 Å². The number of aromatic nitrogens is 1. The van der Waals surface area contributed by atoms with Crippen LogP contribution in [0.15, 0.2) is 69.7 Å². The van der Waals surface area contributed by atoms with Crippen LogP contribution < -0.4 is 0 Å². The molecule has 0 saturated heterocycles. The first-order chi connectivity index (χ1) is 10.2.